The molecule has 0 fully saturated rings. The maximum absolute atomic E-state index is 4.69. The van der Waals surface area contributed by atoms with E-state index >= 15 is 0 Å². The predicted octanol–water partition coefficient (Wildman–Crippen LogP) is 6.01. The van der Waals surface area contributed by atoms with E-state index in [9.17, 15) is 0 Å². The van der Waals surface area contributed by atoms with Crippen LogP contribution >= 0.6 is 0 Å². The summed E-state index contributed by atoms with van der Waals surface area (Å²) in [6, 6.07) is 21.3. The van der Waals surface area contributed by atoms with Crippen molar-refractivity contribution < 1.29 is 0 Å². The van der Waals surface area contributed by atoms with Crippen molar-refractivity contribution in [2.75, 3.05) is 0 Å². The Morgan fingerprint density at radius 2 is 1.74 bits per heavy atom. The lowest BCUT2D eigenvalue weighted by Gasteiger charge is -2.11. The van der Waals surface area contributed by atoms with E-state index in [0.29, 0.717) is 0 Å². The number of aromatic nitrogens is 1. The van der Waals surface area contributed by atoms with Gasteiger partial charge < -0.3 is 0 Å². The van der Waals surface area contributed by atoms with Gasteiger partial charge in [0, 0.05) is 17.1 Å². The van der Waals surface area contributed by atoms with E-state index in [4.69, 9.17) is 0 Å². The average molecular weight is 295 g/mol. The molecule has 1 aromatic heterocycles. The molecule has 0 aliphatic carbocycles. The van der Waals surface area contributed by atoms with Gasteiger partial charge in [-0.25, -0.2) is 0 Å². The molecule has 23 heavy (non-hydrogen) atoms. The first-order valence-electron chi connectivity index (χ1n) is 7.78. The van der Waals surface area contributed by atoms with Crippen LogP contribution < -0.4 is 0 Å². The fourth-order valence-electron chi connectivity index (χ4n) is 3.21. The summed E-state index contributed by atoms with van der Waals surface area (Å²) in [7, 11) is 0. The quantitative estimate of drug-likeness (QED) is 0.413. The van der Waals surface area contributed by atoms with E-state index in [0.717, 1.165) is 16.8 Å². The Hall–Kier alpha value is -2.93. The zero-order valence-electron chi connectivity index (χ0n) is 13.1. The minimum Gasteiger partial charge on any atom is -0.256 e. The third kappa shape index (κ3) is 2.22. The molecule has 0 aliphatic rings. The van der Waals surface area contributed by atoms with Crippen molar-refractivity contribution in [2.45, 2.75) is 6.92 Å². The van der Waals surface area contributed by atoms with Crippen LogP contribution in [0.2, 0.25) is 0 Å². The molecule has 1 heteroatoms. The molecule has 3 aromatic carbocycles. The Bertz CT molecular complexity index is 1040. The van der Waals surface area contributed by atoms with E-state index in [2.05, 4.69) is 79.2 Å². The molecule has 4 aromatic rings. The van der Waals surface area contributed by atoms with Crippen molar-refractivity contribution >= 4 is 27.6 Å². The fourth-order valence-corrected chi connectivity index (χ4v) is 3.21. The highest BCUT2D eigenvalue weighted by atomic mass is 14.7. The zero-order chi connectivity index (χ0) is 15.8. The highest BCUT2D eigenvalue weighted by Gasteiger charge is 2.10. The number of pyridine rings is 1. The van der Waals surface area contributed by atoms with Gasteiger partial charge in [-0.3, -0.25) is 4.98 Å². The van der Waals surface area contributed by atoms with Gasteiger partial charge in [0.05, 0.1) is 5.69 Å². The van der Waals surface area contributed by atoms with Gasteiger partial charge in [-0.1, -0.05) is 66.7 Å². The summed E-state index contributed by atoms with van der Waals surface area (Å²) < 4.78 is 0. The monoisotopic (exact) mass is 295 g/mol. The van der Waals surface area contributed by atoms with Crippen molar-refractivity contribution in [3.63, 3.8) is 0 Å². The molecule has 0 amide bonds. The van der Waals surface area contributed by atoms with E-state index in [1.807, 2.05) is 12.3 Å². The standard InChI is InChI=1S/C22H17N/c1-3-16-9-8-15(2)14-21(16)22-20-11-10-17-6-4-5-7-18(17)19(20)12-13-23-22/h3-14H,1H2,2H3. The smallest absolute Gasteiger partial charge is 0.0786 e. The summed E-state index contributed by atoms with van der Waals surface area (Å²) >= 11 is 0. The molecule has 0 aliphatic heterocycles. The van der Waals surface area contributed by atoms with Gasteiger partial charge in [-0.15, -0.1) is 0 Å². The number of nitrogens with zero attached hydrogens (tertiary/aromatic N) is 1. The lowest BCUT2D eigenvalue weighted by molar-refractivity contribution is 1.34. The number of hydrogen-bond donors (Lipinski definition) is 0. The highest BCUT2D eigenvalue weighted by Crippen LogP contribution is 2.33. The molecular weight excluding hydrogens is 278 g/mol. The summed E-state index contributed by atoms with van der Waals surface area (Å²) in [6.45, 7) is 6.06. The van der Waals surface area contributed by atoms with Crippen molar-refractivity contribution in [1.82, 2.24) is 4.98 Å². The first-order chi connectivity index (χ1) is 11.3. The average Bonchev–Trinajstić information content (AvgIpc) is 2.61. The Balaban J connectivity index is 2.11. The van der Waals surface area contributed by atoms with E-state index in [1.165, 1.54) is 27.1 Å². The molecular formula is C22H17N. The lowest BCUT2D eigenvalue weighted by Crippen LogP contribution is -1.91. The van der Waals surface area contributed by atoms with Crippen LogP contribution in [0.15, 0.2) is 73.4 Å². The normalized spacial score (nSPS) is 11.0. The summed E-state index contributed by atoms with van der Waals surface area (Å²) in [4.78, 5) is 4.69. The molecule has 110 valence electrons. The maximum atomic E-state index is 4.69. The summed E-state index contributed by atoms with van der Waals surface area (Å²) in [5.41, 5.74) is 4.50. The molecule has 0 bridgehead atoms. The number of fused-ring (bicyclic) bond motifs is 3. The van der Waals surface area contributed by atoms with Crippen LogP contribution in [-0.4, -0.2) is 4.98 Å². The maximum Gasteiger partial charge on any atom is 0.0786 e. The minimum absolute atomic E-state index is 1.02. The minimum atomic E-state index is 1.02. The van der Waals surface area contributed by atoms with Crippen LogP contribution in [-0.2, 0) is 0 Å². The lowest BCUT2D eigenvalue weighted by atomic mass is 9.95. The van der Waals surface area contributed by atoms with Crippen LogP contribution in [0.25, 0.3) is 38.9 Å². The van der Waals surface area contributed by atoms with E-state index in [-0.39, 0.29) is 0 Å². The molecule has 0 spiro atoms. The second kappa shape index (κ2) is 5.36. The van der Waals surface area contributed by atoms with Crippen molar-refractivity contribution in [2.24, 2.45) is 0 Å². The summed E-state index contributed by atoms with van der Waals surface area (Å²) in [6.07, 6.45) is 3.80. The van der Waals surface area contributed by atoms with Crippen LogP contribution in [0.3, 0.4) is 0 Å². The molecule has 0 saturated heterocycles. The fraction of sp³-hybridized carbons (Fsp3) is 0.0455. The van der Waals surface area contributed by atoms with Gasteiger partial charge in [-0.05, 0) is 40.8 Å². The molecule has 0 atom stereocenters. The van der Waals surface area contributed by atoms with Crippen LogP contribution in [0.1, 0.15) is 11.1 Å². The van der Waals surface area contributed by atoms with Gasteiger partial charge in [0.2, 0.25) is 0 Å². The number of aryl methyl sites for hydroxylation is 1. The van der Waals surface area contributed by atoms with Crippen LogP contribution in [0.4, 0.5) is 0 Å². The Morgan fingerprint density at radius 1 is 0.870 bits per heavy atom. The van der Waals surface area contributed by atoms with Crippen molar-refractivity contribution in [1.29, 1.82) is 0 Å². The second-order valence-electron chi connectivity index (χ2n) is 5.84. The SMILES string of the molecule is C=Cc1ccc(C)cc1-c1nccc2c1ccc1ccccc12. The third-order valence-corrected chi connectivity index (χ3v) is 4.35. The molecule has 4 rings (SSSR count). The molecule has 0 radical (unpaired) electrons. The van der Waals surface area contributed by atoms with E-state index in [1.54, 1.807) is 0 Å². The largest absolute Gasteiger partial charge is 0.256 e. The van der Waals surface area contributed by atoms with Gasteiger partial charge >= 0.3 is 0 Å². The van der Waals surface area contributed by atoms with Gasteiger partial charge in [0.15, 0.2) is 0 Å². The predicted molar refractivity (Wildman–Crippen MR) is 99.5 cm³/mol. The molecule has 0 N–H and O–H groups in total. The topological polar surface area (TPSA) is 12.9 Å². The van der Waals surface area contributed by atoms with Crippen molar-refractivity contribution in [3.05, 3.63) is 84.6 Å². The molecule has 1 heterocycles. The zero-order valence-corrected chi connectivity index (χ0v) is 13.1. The highest BCUT2D eigenvalue weighted by molar-refractivity contribution is 6.11. The first-order valence-corrected chi connectivity index (χ1v) is 7.78. The van der Waals surface area contributed by atoms with Gasteiger partial charge in [-0.2, -0.15) is 0 Å². The van der Waals surface area contributed by atoms with Gasteiger partial charge in [0.25, 0.3) is 0 Å². The second-order valence-corrected chi connectivity index (χ2v) is 5.84. The Kier molecular flexibility index (Phi) is 3.20. The number of benzene rings is 3. The molecule has 1 nitrogen and oxygen atoms in total. The molecule has 0 unspecified atom stereocenters. The molecule has 0 saturated carbocycles. The van der Waals surface area contributed by atoms with Crippen LogP contribution in [0.5, 0.6) is 0 Å². The van der Waals surface area contributed by atoms with E-state index < -0.39 is 0 Å². The Labute approximate surface area is 135 Å². The summed E-state index contributed by atoms with van der Waals surface area (Å²) in [5.74, 6) is 0. The summed E-state index contributed by atoms with van der Waals surface area (Å²) in [5, 5.41) is 4.94. The Morgan fingerprint density at radius 3 is 2.61 bits per heavy atom. The third-order valence-electron chi connectivity index (χ3n) is 4.35. The first kappa shape index (κ1) is 13.7. The van der Waals surface area contributed by atoms with Crippen molar-refractivity contribution in [3.8, 4) is 11.3 Å². The number of hydrogen-bond acceptors (Lipinski definition) is 1. The number of rotatable bonds is 2. The van der Waals surface area contributed by atoms with Crippen LogP contribution in [0, 0.1) is 6.92 Å². The van der Waals surface area contributed by atoms with Gasteiger partial charge in [0.1, 0.15) is 0 Å².